The van der Waals surface area contributed by atoms with Gasteiger partial charge in [0.15, 0.2) is 9.84 Å². The Bertz CT molecular complexity index is 1580. The third kappa shape index (κ3) is 6.09. The number of hydrogen-bond acceptors (Lipinski definition) is 8. The van der Waals surface area contributed by atoms with Crippen LogP contribution in [0.5, 0.6) is 0 Å². The van der Waals surface area contributed by atoms with Gasteiger partial charge in [0.2, 0.25) is 5.95 Å². The van der Waals surface area contributed by atoms with Crippen LogP contribution in [-0.4, -0.2) is 35.7 Å². The monoisotopic (exact) mass is 540 g/mol. The predicted molar refractivity (Wildman–Crippen MR) is 144 cm³/mol. The summed E-state index contributed by atoms with van der Waals surface area (Å²) < 4.78 is 37.9. The minimum atomic E-state index is -3.36. The zero-order valence-corrected chi connectivity index (χ0v) is 22.2. The van der Waals surface area contributed by atoms with Crippen LogP contribution in [0.15, 0.2) is 59.6 Å². The number of anilines is 3. The molecule has 0 saturated heterocycles. The maximum absolute atomic E-state index is 14.7. The van der Waals surface area contributed by atoms with Gasteiger partial charge >= 0.3 is 6.03 Å². The lowest BCUT2D eigenvalue weighted by Gasteiger charge is -2.13. The fourth-order valence-corrected chi connectivity index (χ4v) is 5.11. The van der Waals surface area contributed by atoms with Gasteiger partial charge in [-0.2, -0.15) is 0 Å². The number of thiazole rings is 1. The van der Waals surface area contributed by atoms with Crippen LogP contribution in [-0.2, 0) is 15.3 Å². The number of rotatable bonds is 5. The fourth-order valence-electron chi connectivity index (χ4n) is 3.35. The fraction of sp³-hybridized carbons (Fsp3) is 0.200. The van der Waals surface area contributed by atoms with Crippen LogP contribution < -0.4 is 16.4 Å². The van der Waals surface area contributed by atoms with E-state index in [0.717, 1.165) is 16.1 Å². The van der Waals surface area contributed by atoms with Crippen LogP contribution in [0.25, 0.3) is 21.8 Å². The minimum Gasteiger partial charge on any atom is -0.368 e. The number of urea groups is 1. The summed E-state index contributed by atoms with van der Waals surface area (Å²) >= 11 is 1.45. The van der Waals surface area contributed by atoms with E-state index in [2.05, 4.69) is 20.6 Å². The third-order valence-corrected chi connectivity index (χ3v) is 7.86. The SMILES string of the molecule is CC(C)(C)c1nc(-c2ccnc(N)n2)c(-c2ccc(F)c(NC(=O)Nc3ccc(S(C)(=O)=O)cc3)c2)s1. The number of amides is 2. The highest BCUT2D eigenvalue weighted by molar-refractivity contribution is 7.90. The Morgan fingerprint density at radius 1 is 1.03 bits per heavy atom. The first-order chi connectivity index (χ1) is 17.3. The molecule has 0 atom stereocenters. The van der Waals surface area contributed by atoms with Crippen molar-refractivity contribution in [2.75, 3.05) is 22.6 Å². The second-order valence-electron chi connectivity index (χ2n) is 9.32. The molecule has 0 unspecified atom stereocenters. The number of sulfone groups is 1. The largest absolute Gasteiger partial charge is 0.368 e. The average Bonchev–Trinajstić information content (AvgIpc) is 3.26. The summed E-state index contributed by atoms with van der Waals surface area (Å²) in [5, 5.41) is 5.94. The van der Waals surface area contributed by atoms with Crippen molar-refractivity contribution in [3.05, 3.63) is 65.6 Å². The molecule has 0 aliphatic heterocycles. The number of nitrogens with one attached hydrogen (secondary N) is 2. The first-order valence-electron chi connectivity index (χ1n) is 11.1. The lowest BCUT2D eigenvalue weighted by atomic mass is 9.98. The first-order valence-corrected chi connectivity index (χ1v) is 13.8. The van der Waals surface area contributed by atoms with E-state index < -0.39 is 21.7 Å². The molecule has 0 aliphatic rings. The molecule has 4 rings (SSSR count). The quantitative estimate of drug-likeness (QED) is 0.311. The molecule has 4 N–H and O–H groups in total. The van der Waals surface area contributed by atoms with Crippen molar-refractivity contribution in [1.82, 2.24) is 15.0 Å². The van der Waals surface area contributed by atoms with Gasteiger partial charge in [0.25, 0.3) is 0 Å². The molecule has 0 spiro atoms. The molecule has 2 aromatic heterocycles. The van der Waals surface area contributed by atoms with Gasteiger partial charge in [-0.3, -0.25) is 0 Å². The Hall–Kier alpha value is -3.90. The van der Waals surface area contributed by atoms with Crippen LogP contribution in [0.3, 0.4) is 0 Å². The van der Waals surface area contributed by atoms with E-state index in [1.165, 1.54) is 47.7 Å². The normalized spacial score (nSPS) is 11.8. The molecular formula is C25H25FN6O3S2. The number of carbonyl (C=O) groups excluding carboxylic acids is 1. The molecule has 4 aromatic rings. The molecule has 0 fully saturated rings. The summed E-state index contributed by atoms with van der Waals surface area (Å²) in [5.74, 6) is -0.517. The Kier molecular flexibility index (Phi) is 6.98. The van der Waals surface area contributed by atoms with E-state index >= 15 is 0 Å². The van der Waals surface area contributed by atoms with Gasteiger partial charge in [-0.1, -0.05) is 26.8 Å². The molecule has 2 heterocycles. The number of nitrogens with two attached hydrogens (primary N) is 1. The second-order valence-corrected chi connectivity index (χ2v) is 12.3. The minimum absolute atomic E-state index is 0.0402. The van der Waals surface area contributed by atoms with E-state index in [0.29, 0.717) is 22.6 Å². The van der Waals surface area contributed by atoms with Crippen LogP contribution in [0.2, 0.25) is 0 Å². The summed E-state index contributed by atoms with van der Waals surface area (Å²) in [6, 6.07) is 11.1. The van der Waals surface area contributed by atoms with Gasteiger partial charge in [-0.15, -0.1) is 11.3 Å². The number of hydrogen-bond donors (Lipinski definition) is 3. The van der Waals surface area contributed by atoms with E-state index in [4.69, 9.17) is 10.7 Å². The lowest BCUT2D eigenvalue weighted by molar-refractivity contribution is 0.262. The Balaban J connectivity index is 1.65. The van der Waals surface area contributed by atoms with Crippen LogP contribution >= 0.6 is 11.3 Å². The standard InChI is InChI=1S/C25H25FN6O3S2/c1-25(2,3)22-32-20(18-11-12-28-23(27)30-18)21(36-22)14-5-10-17(26)19(13-14)31-24(33)29-15-6-8-16(9-7-15)37(4,34)35/h5-13H,1-4H3,(H2,27,28,30)(H2,29,31,33). The topological polar surface area (TPSA) is 140 Å². The summed E-state index contributed by atoms with van der Waals surface area (Å²) in [6.07, 6.45) is 2.64. The van der Waals surface area contributed by atoms with Gasteiger partial charge in [-0.25, -0.2) is 32.6 Å². The van der Waals surface area contributed by atoms with E-state index in [-0.39, 0.29) is 21.9 Å². The van der Waals surface area contributed by atoms with E-state index in [1.807, 2.05) is 20.8 Å². The number of halogens is 1. The van der Waals surface area contributed by atoms with E-state index in [1.54, 1.807) is 18.3 Å². The number of carbonyl (C=O) groups is 1. The highest BCUT2D eigenvalue weighted by atomic mass is 32.2. The average molecular weight is 541 g/mol. The second kappa shape index (κ2) is 9.87. The highest BCUT2D eigenvalue weighted by Gasteiger charge is 2.24. The van der Waals surface area contributed by atoms with Crippen LogP contribution in [0.1, 0.15) is 25.8 Å². The molecule has 0 radical (unpaired) electrons. The van der Waals surface area contributed by atoms with Crippen molar-refractivity contribution in [3.63, 3.8) is 0 Å². The van der Waals surface area contributed by atoms with Crippen LogP contribution in [0, 0.1) is 5.82 Å². The Morgan fingerprint density at radius 2 is 1.73 bits per heavy atom. The summed E-state index contributed by atoms with van der Waals surface area (Å²) in [7, 11) is -3.36. The van der Waals surface area contributed by atoms with Gasteiger partial charge in [0.05, 0.1) is 26.2 Å². The summed E-state index contributed by atoms with van der Waals surface area (Å²) in [6.45, 7) is 6.12. The lowest BCUT2D eigenvalue weighted by Crippen LogP contribution is -2.20. The molecule has 0 bridgehead atoms. The maximum Gasteiger partial charge on any atom is 0.323 e. The van der Waals surface area contributed by atoms with Crippen molar-refractivity contribution < 1.29 is 17.6 Å². The van der Waals surface area contributed by atoms with Gasteiger partial charge in [-0.05, 0) is 48.0 Å². The highest BCUT2D eigenvalue weighted by Crippen LogP contribution is 2.41. The van der Waals surface area contributed by atoms with Crippen molar-refractivity contribution in [3.8, 4) is 21.8 Å². The molecule has 9 nitrogen and oxygen atoms in total. The molecule has 12 heteroatoms. The van der Waals surface area contributed by atoms with Gasteiger partial charge in [0.1, 0.15) is 11.5 Å². The molecular weight excluding hydrogens is 515 g/mol. The zero-order valence-electron chi connectivity index (χ0n) is 20.5. The van der Waals surface area contributed by atoms with Crippen molar-refractivity contribution in [2.45, 2.75) is 31.1 Å². The molecule has 2 aromatic carbocycles. The van der Waals surface area contributed by atoms with Gasteiger partial charge < -0.3 is 16.4 Å². The maximum atomic E-state index is 14.7. The number of benzene rings is 2. The summed E-state index contributed by atoms with van der Waals surface area (Å²) in [5.41, 5.74) is 7.60. The molecule has 37 heavy (non-hydrogen) atoms. The number of aromatic nitrogens is 3. The number of nitrogen functional groups attached to an aromatic ring is 1. The predicted octanol–water partition coefficient (Wildman–Crippen LogP) is 5.33. The first kappa shape index (κ1) is 26.2. The molecule has 0 saturated carbocycles. The van der Waals surface area contributed by atoms with Crippen molar-refractivity contribution >= 4 is 44.5 Å². The number of nitrogens with zero attached hydrogens (tertiary/aromatic N) is 3. The molecule has 2 amide bonds. The Morgan fingerprint density at radius 3 is 2.35 bits per heavy atom. The Labute approximate surface area is 217 Å². The van der Waals surface area contributed by atoms with Crippen molar-refractivity contribution in [2.24, 2.45) is 0 Å². The van der Waals surface area contributed by atoms with Crippen LogP contribution in [0.4, 0.5) is 26.5 Å². The summed E-state index contributed by atoms with van der Waals surface area (Å²) in [4.78, 5) is 26.5. The van der Waals surface area contributed by atoms with Crippen molar-refractivity contribution in [1.29, 1.82) is 0 Å². The zero-order chi connectivity index (χ0) is 27.0. The molecule has 192 valence electrons. The van der Waals surface area contributed by atoms with E-state index in [9.17, 15) is 17.6 Å². The molecule has 0 aliphatic carbocycles. The van der Waals surface area contributed by atoms with Gasteiger partial charge in [0, 0.05) is 23.6 Å². The smallest absolute Gasteiger partial charge is 0.323 e. The third-order valence-electron chi connectivity index (χ3n) is 5.20.